The summed E-state index contributed by atoms with van der Waals surface area (Å²) >= 11 is 1.42. The number of carboxylic acids is 1. The molecule has 0 bridgehead atoms. The van der Waals surface area contributed by atoms with E-state index >= 15 is 0 Å². The fourth-order valence-electron chi connectivity index (χ4n) is 2.22. The number of benzene rings is 2. The first-order valence-corrected chi connectivity index (χ1v) is 8.30. The lowest BCUT2D eigenvalue weighted by molar-refractivity contribution is -0.479. The first kappa shape index (κ1) is 18.0. The van der Waals surface area contributed by atoms with E-state index in [1.54, 1.807) is 30.3 Å². The van der Waals surface area contributed by atoms with Crippen molar-refractivity contribution in [2.45, 2.75) is 17.6 Å². The van der Waals surface area contributed by atoms with Crippen molar-refractivity contribution < 1.29 is 19.9 Å². The van der Waals surface area contributed by atoms with Crippen LogP contribution in [0.1, 0.15) is 32.3 Å². The number of aliphatic hydroxyl groups excluding tert-OH is 1. The number of aromatic carboxylic acids is 1. The Labute approximate surface area is 143 Å². The molecule has 0 radical (unpaired) electrons. The molecule has 0 saturated heterocycles. The molecule has 0 aliphatic heterocycles. The van der Waals surface area contributed by atoms with Crippen molar-refractivity contribution in [2.75, 3.05) is 6.54 Å². The summed E-state index contributed by atoms with van der Waals surface area (Å²) in [5.41, 5.74) is 2.62. The molecule has 0 fully saturated rings. The number of nitrogens with zero attached hydrogens (tertiary/aromatic N) is 1. The lowest BCUT2D eigenvalue weighted by Crippen LogP contribution is -2.10. The molecule has 0 aliphatic rings. The van der Waals surface area contributed by atoms with Gasteiger partial charge < -0.3 is 10.2 Å². The van der Waals surface area contributed by atoms with Gasteiger partial charge in [-0.05, 0) is 28.8 Å². The number of hydrogen-bond acceptors (Lipinski definition) is 5. The van der Waals surface area contributed by atoms with Crippen LogP contribution in [-0.2, 0) is 12.4 Å². The predicted molar refractivity (Wildman–Crippen MR) is 91.7 cm³/mol. The molecule has 2 aromatic rings. The van der Waals surface area contributed by atoms with Crippen LogP contribution in [0.3, 0.4) is 0 Å². The van der Waals surface area contributed by atoms with Crippen molar-refractivity contribution in [1.29, 1.82) is 0 Å². The van der Waals surface area contributed by atoms with Gasteiger partial charge in [0.25, 0.3) is 0 Å². The quantitative estimate of drug-likeness (QED) is 0.562. The Hall–Kier alpha value is -2.38. The van der Waals surface area contributed by atoms with Crippen LogP contribution >= 0.6 is 11.8 Å². The second kappa shape index (κ2) is 8.47. The molecule has 0 amide bonds. The van der Waals surface area contributed by atoms with Gasteiger partial charge in [0.15, 0.2) is 0 Å². The topological polar surface area (TPSA) is 101 Å². The number of nitro groups is 1. The maximum Gasteiger partial charge on any atom is 0.335 e. The summed E-state index contributed by atoms with van der Waals surface area (Å²) in [5, 5.41) is 28.7. The number of hydrogen-bond donors (Lipinski definition) is 2. The maximum atomic E-state index is 10.9. The molecule has 0 spiro atoms. The summed E-state index contributed by atoms with van der Waals surface area (Å²) in [7, 11) is 0. The molecule has 0 aromatic heterocycles. The van der Waals surface area contributed by atoms with E-state index in [4.69, 9.17) is 5.11 Å². The summed E-state index contributed by atoms with van der Waals surface area (Å²) in [6.45, 7) is -0.326. The standard InChI is InChI=1S/C17H17NO5S/c19-10-13-2-1-3-15(8-13)16(9-18(22)23)24-11-12-4-6-14(7-5-12)17(20)21/h1-8,16,19H,9-11H2,(H,20,21). The van der Waals surface area contributed by atoms with E-state index < -0.39 is 5.97 Å². The third-order valence-electron chi connectivity index (χ3n) is 3.47. The molecule has 2 aromatic carbocycles. The van der Waals surface area contributed by atoms with Gasteiger partial charge in [-0.15, -0.1) is 11.8 Å². The Kier molecular flexibility index (Phi) is 6.34. The summed E-state index contributed by atoms with van der Waals surface area (Å²) in [4.78, 5) is 21.4. The molecule has 24 heavy (non-hydrogen) atoms. The zero-order valence-electron chi connectivity index (χ0n) is 12.8. The van der Waals surface area contributed by atoms with Gasteiger partial charge in [0.1, 0.15) is 0 Å². The van der Waals surface area contributed by atoms with Crippen molar-refractivity contribution in [3.8, 4) is 0 Å². The molecule has 0 saturated carbocycles. The fraction of sp³-hybridized carbons (Fsp3) is 0.235. The third-order valence-corrected chi connectivity index (χ3v) is 4.80. The Morgan fingerprint density at radius 3 is 2.46 bits per heavy atom. The SMILES string of the molecule is O=C(O)c1ccc(CSC(C[N+](=O)[O-])c2cccc(CO)c2)cc1. The molecular weight excluding hydrogens is 330 g/mol. The zero-order chi connectivity index (χ0) is 17.5. The van der Waals surface area contributed by atoms with Gasteiger partial charge in [-0.1, -0.05) is 36.4 Å². The van der Waals surface area contributed by atoms with Crippen LogP contribution in [0.25, 0.3) is 0 Å². The summed E-state index contributed by atoms with van der Waals surface area (Å²) < 4.78 is 0. The fourth-order valence-corrected chi connectivity index (χ4v) is 3.37. The predicted octanol–water partition coefficient (Wildman–Crippen LogP) is 3.13. The number of rotatable bonds is 8. The minimum atomic E-state index is -0.985. The molecule has 0 heterocycles. The van der Waals surface area contributed by atoms with E-state index in [2.05, 4.69) is 0 Å². The third kappa shape index (κ3) is 5.07. The van der Waals surface area contributed by atoms with Gasteiger partial charge in [-0.3, -0.25) is 10.1 Å². The largest absolute Gasteiger partial charge is 0.478 e. The summed E-state index contributed by atoms with van der Waals surface area (Å²) in [6, 6.07) is 13.6. The molecular formula is C17H17NO5S. The van der Waals surface area contributed by atoms with Crippen LogP contribution in [0, 0.1) is 10.1 Å². The van der Waals surface area contributed by atoms with Gasteiger partial charge >= 0.3 is 5.97 Å². The molecule has 6 nitrogen and oxygen atoms in total. The van der Waals surface area contributed by atoms with Gasteiger partial charge in [-0.25, -0.2) is 4.79 Å². The van der Waals surface area contributed by atoms with Crippen LogP contribution in [0.2, 0.25) is 0 Å². The smallest absolute Gasteiger partial charge is 0.335 e. The number of thioether (sulfide) groups is 1. The highest BCUT2D eigenvalue weighted by Crippen LogP contribution is 2.32. The minimum Gasteiger partial charge on any atom is -0.478 e. The van der Waals surface area contributed by atoms with Crippen LogP contribution in [0.4, 0.5) is 0 Å². The molecule has 2 rings (SSSR count). The zero-order valence-corrected chi connectivity index (χ0v) is 13.6. The van der Waals surface area contributed by atoms with Gasteiger partial charge in [0.05, 0.1) is 17.4 Å². The molecule has 2 N–H and O–H groups in total. The number of aliphatic hydroxyl groups is 1. The monoisotopic (exact) mass is 347 g/mol. The lowest BCUT2D eigenvalue weighted by Gasteiger charge is -2.14. The first-order valence-electron chi connectivity index (χ1n) is 7.25. The highest BCUT2D eigenvalue weighted by molar-refractivity contribution is 7.98. The van der Waals surface area contributed by atoms with Gasteiger partial charge in [0, 0.05) is 10.7 Å². The number of carbonyl (C=O) groups is 1. The highest BCUT2D eigenvalue weighted by Gasteiger charge is 2.19. The average Bonchev–Trinajstić information content (AvgIpc) is 2.58. The summed E-state index contributed by atoms with van der Waals surface area (Å²) in [5.74, 6) is -0.455. The summed E-state index contributed by atoms with van der Waals surface area (Å²) in [6.07, 6.45) is 0. The van der Waals surface area contributed by atoms with Crippen molar-refractivity contribution >= 4 is 17.7 Å². The van der Waals surface area contributed by atoms with Gasteiger partial charge in [-0.2, -0.15) is 0 Å². The Morgan fingerprint density at radius 2 is 1.88 bits per heavy atom. The molecule has 1 atom stereocenters. The average molecular weight is 347 g/mol. The van der Waals surface area contributed by atoms with Crippen molar-refractivity contribution in [1.82, 2.24) is 0 Å². The van der Waals surface area contributed by atoms with E-state index in [0.29, 0.717) is 11.3 Å². The Balaban J connectivity index is 2.10. The first-order chi connectivity index (χ1) is 11.5. The second-order valence-electron chi connectivity index (χ2n) is 5.22. The van der Waals surface area contributed by atoms with Crippen molar-refractivity contribution in [3.05, 3.63) is 80.9 Å². The Morgan fingerprint density at radius 1 is 1.17 bits per heavy atom. The molecule has 1 unspecified atom stereocenters. The van der Waals surface area contributed by atoms with E-state index in [-0.39, 0.29) is 28.9 Å². The molecule has 0 aliphatic carbocycles. The normalized spacial score (nSPS) is 11.9. The lowest BCUT2D eigenvalue weighted by atomic mass is 10.1. The van der Waals surface area contributed by atoms with Crippen LogP contribution in [0.15, 0.2) is 48.5 Å². The maximum absolute atomic E-state index is 10.9. The Bertz CT molecular complexity index is 717. The second-order valence-corrected chi connectivity index (χ2v) is 6.41. The molecule has 7 heteroatoms. The van der Waals surface area contributed by atoms with Crippen LogP contribution < -0.4 is 0 Å². The van der Waals surface area contributed by atoms with Crippen molar-refractivity contribution in [3.63, 3.8) is 0 Å². The van der Waals surface area contributed by atoms with E-state index in [1.807, 2.05) is 6.07 Å². The van der Waals surface area contributed by atoms with Gasteiger partial charge in [0.2, 0.25) is 6.54 Å². The van der Waals surface area contributed by atoms with E-state index in [1.165, 1.54) is 23.9 Å². The number of carboxylic acid groups (broad SMARTS) is 1. The van der Waals surface area contributed by atoms with Crippen molar-refractivity contribution in [2.24, 2.45) is 0 Å². The minimum absolute atomic E-state index is 0.111. The highest BCUT2D eigenvalue weighted by atomic mass is 32.2. The molecule has 126 valence electrons. The van der Waals surface area contributed by atoms with Crippen LogP contribution in [-0.4, -0.2) is 27.7 Å². The van der Waals surface area contributed by atoms with E-state index in [0.717, 1.165) is 11.1 Å². The van der Waals surface area contributed by atoms with E-state index in [9.17, 15) is 20.0 Å². The van der Waals surface area contributed by atoms with Crippen LogP contribution in [0.5, 0.6) is 0 Å².